The van der Waals surface area contributed by atoms with E-state index in [9.17, 15) is 0 Å². The van der Waals surface area contributed by atoms with Gasteiger partial charge in [0.2, 0.25) is 5.95 Å². The van der Waals surface area contributed by atoms with Gasteiger partial charge in [-0.05, 0) is 20.3 Å². The molecular weight excluding hydrogens is 276 g/mol. The van der Waals surface area contributed by atoms with Gasteiger partial charge < -0.3 is 15.3 Å². The van der Waals surface area contributed by atoms with Gasteiger partial charge in [-0.2, -0.15) is 4.98 Å². The number of unbranched alkanes of at least 4 members (excludes halogenated alkanes) is 5. The molecule has 0 fully saturated rings. The molecule has 0 spiro atoms. The van der Waals surface area contributed by atoms with Crippen molar-refractivity contribution in [1.29, 1.82) is 0 Å². The monoisotopic (exact) mass is 308 g/mol. The van der Waals surface area contributed by atoms with E-state index >= 15 is 0 Å². The molecule has 0 amide bonds. The lowest BCUT2D eigenvalue weighted by Gasteiger charge is -2.21. The first-order valence-electron chi connectivity index (χ1n) is 8.66. The fourth-order valence-electron chi connectivity index (χ4n) is 2.45. The average molecular weight is 308 g/mol. The number of nitrogens with zero attached hydrogens (tertiary/aromatic N) is 3. The molecule has 0 bridgehead atoms. The molecule has 126 valence electrons. The van der Waals surface area contributed by atoms with E-state index in [4.69, 9.17) is 5.11 Å². The Balaban J connectivity index is 2.44. The van der Waals surface area contributed by atoms with Crippen LogP contribution < -0.4 is 10.2 Å². The first-order valence-corrected chi connectivity index (χ1v) is 8.66. The maximum atomic E-state index is 9.13. The molecule has 1 aromatic rings. The third-order valence-corrected chi connectivity index (χ3v) is 3.73. The molecule has 0 aliphatic carbocycles. The molecule has 0 aliphatic rings. The Morgan fingerprint density at radius 3 is 2.50 bits per heavy atom. The molecule has 0 radical (unpaired) electrons. The SMILES string of the molecule is CCCCCCCCNc1nc(C)cc(N(CC)CCO)n1. The highest BCUT2D eigenvalue weighted by molar-refractivity contribution is 5.44. The van der Waals surface area contributed by atoms with Crippen LogP contribution in [0.3, 0.4) is 0 Å². The number of hydrogen-bond acceptors (Lipinski definition) is 5. The molecule has 0 unspecified atom stereocenters. The summed E-state index contributed by atoms with van der Waals surface area (Å²) >= 11 is 0. The lowest BCUT2D eigenvalue weighted by atomic mass is 10.1. The molecule has 1 heterocycles. The average Bonchev–Trinajstić information content (AvgIpc) is 2.51. The predicted molar refractivity (Wildman–Crippen MR) is 93.6 cm³/mol. The Kier molecular flexibility index (Phi) is 9.55. The summed E-state index contributed by atoms with van der Waals surface area (Å²) in [6.07, 6.45) is 7.71. The lowest BCUT2D eigenvalue weighted by molar-refractivity contribution is 0.302. The van der Waals surface area contributed by atoms with Crippen LogP contribution in [0.5, 0.6) is 0 Å². The van der Waals surface area contributed by atoms with E-state index in [1.165, 1.54) is 32.1 Å². The summed E-state index contributed by atoms with van der Waals surface area (Å²) in [7, 11) is 0. The Hall–Kier alpha value is -1.36. The van der Waals surface area contributed by atoms with E-state index in [-0.39, 0.29) is 6.61 Å². The summed E-state index contributed by atoms with van der Waals surface area (Å²) in [6.45, 7) is 8.77. The number of aliphatic hydroxyl groups excluding tert-OH is 1. The number of anilines is 2. The minimum absolute atomic E-state index is 0.136. The lowest BCUT2D eigenvalue weighted by Crippen LogP contribution is -2.27. The van der Waals surface area contributed by atoms with Gasteiger partial charge in [0.15, 0.2) is 0 Å². The second-order valence-corrected chi connectivity index (χ2v) is 5.69. The summed E-state index contributed by atoms with van der Waals surface area (Å²) in [5.41, 5.74) is 0.951. The van der Waals surface area contributed by atoms with Crippen LogP contribution in [-0.4, -0.2) is 41.3 Å². The van der Waals surface area contributed by atoms with Crippen molar-refractivity contribution in [3.8, 4) is 0 Å². The van der Waals surface area contributed by atoms with Gasteiger partial charge in [-0.1, -0.05) is 39.0 Å². The molecule has 0 atom stereocenters. The summed E-state index contributed by atoms with van der Waals surface area (Å²) in [4.78, 5) is 11.1. The van der Waals surface area contributed by atoms with Crippen molar-refractivity contribution in [2.45, 2.75) is 59.3 Å². The number of aryl methyl sites for hydroxylation is 1. The van der Waals surface area contributed by atoms with E-state index < -0.39 is 0 Å². The van der Waals surface area contributed by atoms with Crippen LogP contribution in [0, 0.1) is 6.92 Å². The number of nitrogens with one attached hydrogen (secondary N) is 1. The summed E-state index contributed by atoms with van der Waals surface area (Å²) in [6, 6.07) is 1.97. The number of aliphatic hydroxyl groups is 1. The minimum Gasteiger partial charge on any atom is -0.395 e. The molecule has 0 saturated heterocycles. The van der Waals surface area contributed by atoms with E-state index in [2.05, 4.69) is 34.0 Å². The fraction of sp³-hybridized carbons (Fsp3) is 0.765. The number of rotatable bonds is 12. The Labute approximate surface area is 135 Å². The van der Waals surface area contributed by atoms with Crippen LogP contribution >= 0.6 is 0 Å². The summed E-state index contributed by atoms with van der Waals surface area (Å²) in [5.74, 6) is 1.58. The van der Waals surface area contributed by atoms with Crippen LogP contribution in [-0.2, 0) is 0 Å². The van der Waals surface area contributed by atoms with Gasteiger partial charge in [0.05, 0.1) is 6.61 Å². The standard InChI is InChI=1S/C17H32N4O/c1-4-6-7-8-9-10-11-18-17-19-15(3)14-16(20-17)21(5-2)12-13-22/h14,22H,4-13H2,1-3H3,(H,18,19,20). The number of aromatic nitrogens is 2. The first kappa shape index (κ1) is 18.7. The molecule has 0 saturated carbocycles. The predicted octanol–water partition coefficient (Wildman–Crippen LogP) is 3.38. The molecule has 0 aliphatic heterocycles. The highest BCUT2D eigenvalue weighted by atomic mass is 16.3. The third-order valence-electron chi connectivity index (χ3n) is 3.73. The molecule has 5 nitrogen and oxygen atoms in total. The van der Waals surface area contributed by atoms with Gasteiger partial charge in [0.1, 0.15) is 5.82 Å². The molecule has 0 aromatic carbocycles. The Morgan fingerprint density at radius 1 is 1.09 bits per heavy atom. The van der Waals surface area contributed by atoms with Crippen LogP contribution in [0.4, 0.5) is 11.8 Å². The van der Waals surface area contributed by atoms with E-state index in [1.807, 2.05) is 13.0 Å². The van der Waals surface area contributed by atoms with E-state index in [0.29, 0.717) is 12.5 Å². The van der Waals surface area contributed by atoms with Crippen molar-refractivity contribution in [3.05, 3.63) is 11.8 Å². The van der Waals surface area contributed by atoms with Gasteiger partial charge >= 0.3 is 0 Å². The second kappa shape index (κ2) is 11.2. The van der Waals surface area contributed by atoms with E-state index in [0.717, 1.165) is 31.0 Å². The van der Waals surface area contributed by atoms with Crippen molar-refractivity contribution in [1.82, 2.24) is 9.97 Å². The van der Waals surface area contributed by atoms with E-state index in [1.54, 1.807) is 0 Å². The molecule has 1 aromatic heterocycles. The molecular formula is C17H32N4O. The Bertz CT molecular complexity index is 412. The number of hydrogen-bond donors (Lipinski definition) is 2. The van der Waals surface area contributed by atoms with Crippen molar-refractivity contribution in [2.75, 3.05) is 36.5 Å². The second-order valence-electron chi connectivity index (χ2n) is 5.69. The zero-order chi connectivity index (χ0) is 16.2. The van der Waals surface area contributed by atoms with Gasteiger partial charge in [0, 0.05) is 31.4 Å². The van der Waals surface area contributed by atoms with Crippen LogP contribution in [0.25, 0.3) is 0 Å². The van der Waals surface area contributed by atoms with Gasteiger partial charge in [0.25, 0.3) is 0 Å². The van der Waals surface area contributed by atoms with Gasteiger partial charge in [-0.3, -0.25) is 0 Å². The molecule has 22 heavy (non-hydrogen) atoms. The van der Waals surface area contributed by atoms with Gasteiger partial charge in [-0.25, -0.2) is 4.98 Å². The quantitative estimate of drug-likeness (QED) is 0.580. The zero-order valence-corrected chi connectivity index (χ0v) is 14.4. The van der Waals surface area contributed by atoms with Crippen molar-refractivity contribution >= 4 is 11.8 Å². The normalized spacial score (nSPS) is 10.7. The topological polar surface area (TPSA) is 61.3 Å². The molecule has 1 rings (SSSR count). The fourth-order valence-corrected chi connectivity index (χ4v) is 2.45. The maximum Gasteiger partial charge on any atom is 0.224 e. The van der Waals surface area contributed by atoms with Crippen LogP contribution in [0.2, 0.25) is 0 Å². The van der Waals surface area contributed by atoms with Crippen molar-refractivity contribution < 1.29 is 5.11 Å². The summed E-state index contributed by atoms with van der Waals surface area (Å²) < 4.78 is 0. The maximum absolute atomic E-state index is 9.13. The largest absolute Gasteiger partial charge is 0.395 e. The van der Waals surface area contributed by atoms with Crippen LogP contribution in [0.15, 0.2) is 6.07 Å². The highest BCUT2D eigenvalue weighted by Crippen LogP contribution is 2.14. The smallest absolute Gasteiger partial charge is 0.224 e. The first-order chi connectivity index (χ1) is 10.7. The highest BCUT2D eigenvalue weighted by Gasteiger charge is 2.08. The van der Waals surface area contributed by atoms with Gasteiger partial charge in [-0.15, -0.1) is 0 Å². The third kappa shape index (κ3) is 7.07. The number of likely N-dealkylation sites (N-methyl/N-ethyl adjacent to an activating group) is 1. The minimum atomic E-state index is 0.136. The summed E-state index contributed by atoms with van der Waals surface area (Å²) in [5, 5.41) is 12.5. The van der Waals surface area contributed by atoms with Crippen molar-refractivity contribution in [3.63, 3.8) is 0 Å². The molecule has 5 heteroatoms. The Morgan fingerprint density at radius 2 is 1.82 bits per heavy atom. The zero-order valence-electron chi connectivity index (χ0n) is 14.4. The van der Waals surface area contributed by atoms with Crippen molar-refractivity contribution in [2.24, 2.45) is 0 Å². The van der Waals surface area contributed by atoms with Crippen LogP contribution in [0.1, 0.15) is 58.1 Å². The molecule has 2 N–H and O–H groups in total.